The molecule has 0 radical (unpaired) electrons. The van der Waals surface area contributed by atoms with Crippen molar-refractivity contribution in [1.82, 2.24) is 5.43 Å². The number of hydrogen-bond acceptors (Lipinski definition) is 2. The Kier molecular flexibility index (Phi) is 4.66. The molecule has 2 unspecified atom stereocenters. The molecule has 3 heteroatoms. The van der Waals surface area contributed by atoms with Crippen LogP contribution in [-0.2, 0) is 0 Å². The number of nitrogens with one attached hydrogen (secondary N) is 1. The van der Waals surface area contributed by atoms with Crippen LogP contribution in [0.3, 0.4) is 0 Å². The molecule has 1 aromatic carbocycles. The normalized spacial score (nSPS) is 15.6. The molecule has 2 atom stereocenters. The lowest BCUT2D eigenvalue weighted by molar-refractivity contribution is 0.223. The lowest BCUT2D eigenvalue weighted by atomic mass is 9.77. The molecule has 0 saturated heterocycles. The van der Waals surface area contributed by atoms with Crippen molar-refractivity contribution < 1.29 is 4.39 Å². The molecule has 0 aromatic heterocycles. The smallest absolute Gasteiger partial charge is 0.123 e. The minimum Gasteiger partial charge on any atom is -0.271 e. The van der Waals surface area contributed by atoms with Gasteiger partial charge in [0.2, 0.25) is 0 Å². The third kappa shape index (κ3) is 4.10. The van der Waals surface area contributed by atoms with Crippen LogP contribution in [0.4, 0.5) is 4.39 Å². The average Bonchev–Trinajstić information content (AvgIpc) is 2.24. The molecular weight excluding hydrogens is 215 g/mol. The van der Waals surface area contributed by atoms with Crippen LogP contribution in [0, 0.1) is 17.2 Å². The van der Waals surface area contributed by atoms with Crippen LogP contribution in [-0.4, -0.2) is 0 Å². The van der Waals surface area contributed by atoms with E-state index in [0.717, 1.165) is 12.0 Å². The summed E-state index contributed by atoms with van der Waals surface area (Å²) >= 11 is 0. The maximum Gasteiger partial charge on any atom is 0.123 e. The molecule has 1 rings (SSSR count). The topological polar surface area (TPSA) is 38.0 Å². The minimum absolute atomic E-state index is 0.0000694. The van der Waals surface area contributed by atoms with E-state index < -0.39 is 0 Å². The molecule has 0 aliphatic carbocycles. The van der Waals surface area contributed by atoms with Gasteiger partial charge in [-0.2, -0.15) is 0 Å². The summed E-state index contributed by atoms with van der Waals surface area (Å²) in [6.45, 7) is 8.81. The molecule has 2 nitrogen and oxygen atoms in total. The molecule has 0 amide bonds. The summed E-state index contributed by atoms with van der Waals surface area (Å²) in [5.74, 6) is 5.85. The van der Waals surface area contributed by atoms with Crippen molar-refractivity contribution in [2.24, 2.45) is 17.2 Å². The van der Waals surface area contributed by atoms with Crippen molar-refractivity contribution >= 4 is 0 Å². The van der Waals surface area contributed by atoms with Crippen molar-refractivity contribution in [3.8, 4) is 0 Å². The zero-order valence-corrected chi connectivity index (χ0v) is 11.1. The molecule has 3 N–H and O–H groups in total. The predicted octanol–water partition coefficient (Wildman–Crippen LogP) is 3.40. The molecule has 0 aliphatic heterocycles. The highest BCUT2D eigenvalue weighted by Crippen LogP contribution is 2.33. The molecule has 0 fully saturated rings. The molecule has 0 bridgehead atoms. The van der Waals surface area contributed by atoms with Gasteiger partial charge >= 0.3 is 0 Å². The van der Waals surface area contributed by atoms with Gasteiger partial charge in [-0.1, -0.05) is 39.8 Å². The van der Waals surface area contributed by atoms with Gasteiger partial charge < -0.3 is 0 Å². The highest BCUT2D eigenvalue weighted by molar-refractivity contribution is 5.20. The number of hydrazine groups is 1. The Morgan fingerprint density at radius 3 is 2.47 bits per heavy atom. The van der Waals surface area contributed by atoms with Crippen LogP contribution < -0.4 is 11.3 Å². The maximum absolute atomic E-state index is 13.2. The van der Waals surface area contributed by atoms with Gasteiger partial charge in [0.25, 0.3) is 0 Å². The van der Waals surface area contributed by atoms with Gasteiger partial charge in [0.1, 0.15) is 5.82 Å². The fourth-order valence-corrected chi connectivity index (χ4v) is 1.73. The fourth-order valence-electron chi connectivity index (χ4n) is 1.73. The van der Waals surface area contributed by atoms with Gasteiger partial charge in [0, 0.05) is 6.04 Å². The molecular formula is C14H23FN2. The second kappa shape index (κ2) is 5.61. The Bertz CT molecular complexity index is 357. The van der Waals surface area contributed by atoms with Gasteiger partial charge in [-0.25, -0.2) is 4.39 Å². The van der Waals surface area contributed by atoms with Gasteiger partial charge in [-0.05, 0) is 35.4 Å². The second-order valence-corrected chi connectivity index (χ2v) is 5.78. The molecule has 0 aliphatic rings. The zero-order chi connectivity index (χ0) is 13.1. The van der Waals surface area contributed by atoms with Crippen LogP contribution in [0.25, 0.3) is 0 Å². The van der Waals surface area contributed by atoms with Crippen molar-refractivity contribution in [3.63, 3.8) is 0 Å². The van der Waals surface area contributed by atoms with Crippen molar-refractivity contribution in [2.45, 2.75) is 40.2 Å². The van der Waals surface area contributed by atoms with E-state index in [0.29, 0.717) is 5.92 Å². The third-order valence-electron chi connectivity index (χ3n) is 3.52. The van der Waals surface area contributed by atoms with Gasteiger partial charge in [0.05, 0.1) is 0 Å². The molecule has 1 aromatic rings. The highest BCUT2D eigenvalue weighted by atomic mass is 19.1. The number of halogens is 1. The van der Waals surface area contributed by atoms with E-state index in [1.807, 2.05) is 6.07 Å². The number of rotatable bonds is 4. The van der Waals surface area contributed by atoms with E-state index in [1.165, 1.54) is 6.07 Å². The molecule has 0 spiro atoms. The van der Waals surface area contributed by atoms with Crippen LogP contribution >= 0.6 is 0 Å². The van der Waals surface area contributed by atoms with Crippen LogP contribution in [0.2, 0.25) is 0 Å². The number of nitrogens with two attached hydrogens (primary N) is 1. The van der Waals surface area contributed by atoms with E-state index >= 15 is 0 Å². The molecule has 96 valence electrons. The van der Waals surface area contributed by atoms with Gasteiger partial charge in [0.15, 0.2) is 0 Å². The first-order valence-corrected chi connectivity index (χ1v) is 6.06. The standard InChI is InChI=1S/C14H23FN2/c1-10(14(2,3)4)8-13(17-16)11-6-5-7-12(15)9-11/h5-7,9-10,13,17H,8,16H2,1-4H3. The molecule has 0 heterocycles. The predicted molar refractivity (Wildman–Crippen MR) is 69.7 cm³/mol. The number of benzene rings is 1. The van der Waals surface area contributed by atoms with Crippen LogP contribution in [0.1, 0.15) is 45.7 Å². The highest BCUT2D eigenvalue weighted by Gasteiger charge is 2.24. The van der Waals surface area contributed by atoms with Gasteiger partial charge in [-0.3, -0.25) is 11.3 Å². The third-order valence-corrected chi connectivity index (χ3v) is 3.52. The Morgan fingerprint density at radius 2 is 2.00 bits per heavy atom. The van der Waals surface area contributed by atoms with E-state index in [1.54, 1.807) is 12.1 Å². The van der Waals surface area contributed by atoms with E-state index in [2.05, 4.69) is 33.1 Å². The summed E-state index contributed by atoms with van der Waals surface area (Å²) < 4.78 is 13.2. The van der Waals surface area contributed by atoms with E-state index in [4.69, 9.17) is 5.84 Å². The second-order valence-electron chi connectivity index (χ2n) is 5.78. The first kappa shape index (κ1) is 14.1. The van der Waals surface area contributed by atoms with Crippen LogP contribution in [0.15, 0.2) is 24.3 Å². The first-order valence-electron chi connectivity index (χ1n) is 6.06. The minimum atomic E-state index is -0.217. The fraction of sp³-hybridized carbons (Fsp3) is 0.571. The molecule has 17 heavy (non-hydrogen) atoms. The van der Waals surface area contributed by atoms with E-state index in [9.17, 15) is 4.39 Å². The summed E-state index contributed by atoms with van der Waals surface area (Å²) in [7, 11) is 0. The number of hydrogen-bond donors (Lipinski definition) is 2. The summed E-state index contributed by atoms with van der Waals surface area (Å²) in [5, 5.41) is 0. The monoisotopic (exact) mass is 238 g/mol. The van der Waals surface area contributed by atoms with Crippen molar-refractivity contribution in [1.29, 1.82) is 0 Å². The largest absolute Gasteiger partial charge is 0.271 e. The summed E-state index contributed by atoms with van der Waals surface area (Å²) in [5.41, 5.74) is 3.91. The Balaban J connectivity index is 2.79. The lowest BCUT2D eigenvalue weighted by Crippen LogP contribution is -2.32. The van der Waals surface area contributed by atoms with Gasteiger partial charge in [-0.15, -0.1) is 0 Å². The van der Waals surface area contributed by atoms with Crippen molar-refractivity contribution in [3.05, 3.63) is 35.6 Å². The Hall–Kier alpha value is -0.930. The zero-order valence-electron chi connectivity index (χ0n) is 11.1. The maximum atomic E-state index is 13.2. The quantitative estimate of drug-likeness (QED) is 0.623. The molecule has 0 saturated carbocycles. The summed E-state index contributed by atoms with van der Waals surface area (Å²) in [6.07, 6.45) is 0.892. The first-order chi connectivity index (χ1) is 7.84. The van der Waals surface area contributed by atoms with E-state index in [-0.39, 0.29) is 17.3 Å². The lowest BCUT2D eigenvalue weighted by Gasteiger charge is -2.30. The van der Waals surface area contributed by atoms with Crippen LogP contribution in [0.5, 0.6) is 0 Å². The Morgan fingerprint density at radius 1 is 1.35 bits per heavy atom. The summed E-state index contributed by atoms with van der Waals surface area (Å²) in [4.78, 5) is 0. The SMILES string of the molecule is CC(CC(NN)c1cccc(F)c1)C(C)(C)C. The van der Waals surface area contributed by atoms with Crippen molar-refractivity contribution in [2.75, 3.05) is 0 Å². The average molecular weight is 238 g/mol. The summed E-state index contributed by atoms with van der Waals surface area (Å²) in [6, 6.07) is 6.61. The Labute approximate surface area is 103 Å².